The topological polar surface area (TPSA) is 152 Å². The largest absolute Gasteiger partial charge is 0.497 e. The van der Waals surface area contributed by atoms with Crippen molar-refractivity contribution in [3.63, 3.8) is 0 Å². The van der Waals surface area contributed by atoms with E-state index in [1.54, 1.807) is 31.4 Å². The Kier molecular flexibility index (Phi) is 5.56. The van der Waals surface area contributed by atoms with Crippen LogP contribution in [-0.2, 0) is 16.1 Å². The van der Waals surface area contributed by atoms with Gasteiger partial charge in [-0.3, -0.25) is 24.2 Å². The van der Waals surface area contributed by atoms with Crippen LogP contribution in [0.5, 0.6) is 5.75 Å². The zero-order valence-electron chi connectivity index (χ0n) is 17.0. The molecule has 1 aromatic heterocycles. The van der Waals surface area contributed by atoms with Crippen LogP contribution in [0.25, 0.3) is 5.69 Å². The summed E-state index contributed by atoms with van der Waals surface area (Å²) in [5.74, 6) is -0.814. The number of methoxy groups -OCH3 is 1. The van der Waals surface area contributed by atoms with Gasteiger partial charge in [-0.05, 0) is 46.4 Å². The van der Waals surface area contributed by atoms with Crippen LogP contribution < -0.4 is 31.0 Å². The number of H-pyrrole nitrogens is 1. The van der Waals surface area contributed by atoms with Gasteiger partial charge in [-0.1, -0.05) is 0 Å². The molecule has 164 valence electrons. The van der Waals surface area contributed by atoms with Crippen molar-refractivity contribution < 1.29 is 28.3 Å². The van der Waals surface area contributed by atoms with E-state index in [4.69, 9.17) is 15.0 Å². The summed E-state index contributed by atoms with van der Waals surface area (Å²) in [5.41, 5.74) is 6.06. The third kappa shape index (κ3) is 3.88. The zero-order valence-corrected chi connectivity index (χ0v) is 17.0. The van der Waals surface area contributed by atoms with Crippen molar-refractivity contribution in [1.82, 2.24) is 10.6 Å². The van der Waals surface area contributed by atoms with Gasteiger partial charge in [-0.2, -0.15) is 0 Å². The first-order valence-electron chi connectivity index (χ1n) is 9.66. The lowest BCUT2D eigenvalue weighted by Gasteiger charge is -2.15. The highest BCUT2D eigenvalue weighted by molar-refractivity contribution is 6.22. The minimum absolute atomic E-state index is 0.0179. The second-order valence-electron chi connectivity index (χ2n) is 7.08. The summed E-state index contributed by atoms with van der Waals surface area (Å²) >= 11 is 0. The first-order chi connectivity index (χ1) is 15.4. The van der Waals surface area contributed by atoms with E-state index in [1.165, 1.54) is 28.9 Å². The minimum atomic E-state index is -0.822. The van der Waals surface area contributed by atoms with Crippen molar-refractivity contribution in [1.29, 1.82) is 0 Å². The summed E-state index contributed by atoms with van der Waals surface area (Å²) in [6.07, 6.45) is -0.0747. The van der Waals surface area contributed by atoms with Gasteiger partial charge in [0.2, 0.25) is 17.5 Å². The average molecular weight is 438 g/mol. The molecular weight excluding hydrogens is 418 g/mol. The molecule has 4 rings (SSSR count). The molecule has 1 atom stereocenters. The molecule has 0 bridgehead atoms. The molecule has 11 nitrogen and oxygen atoms in total. The lowest BCUT2D eigenvalue weighted by Crippen LogP contribution is -2.44. The Bertz CT molecular complexity index is 1230. The Morgan fingerprint density at radius 2 is 1.88 bits per heavy atom. The highest BCUT2D eigenvalue weighted by Gasteiger charge is 2.40. The summed E-state index contributed by atoms with van der Waals surface area (Å²) in [7, 11) is 1.55. The molecular formula is C21H20N5O6+. The maximum Gasteiger partial charge on any atom is 0.431 e. The Labute approximate surface area is 181 Å². The fourth-order valence-corrected chi connectivity index (χ4v) is 3.44. The predicted octanol–water partition coefficient (Wildman–Crippen LogP) is -0.226. The second kappa shape index (κ2) is 8.47. The lowest BCUT2D eigenvalue weighted by molar-refractivity contribution is -0.677. The molecule has 11 heteroatoms. The molecule has 0 aliphatic carbocycles. The molecule has 0 spiro atoms. The summed E-state index contributed by atoms with van der Waals surface area (Å²) in [6.45, 7) is -0.0179. The van der Waals surface area contributed by atoms with Crippen molar-refractivity contribution in [2.45, 2.75) is 19.0 Å². The van der Waals surface area contributed by atoms with E-state index in [0.29, 0.717) is 17.1 Å². The van der Waals surface area contributed by atoms with Gasteiger partial charge in [-0.15, -0.1) is 0 Å². The van der Waals surface area contributed by atoms with Gasteiger partial charge >= 0.3 is 11.3 Å². The molecule has 3 amide bonds. The molecule has 0 radical (unpaired) electrons. The summed E-state index contributed by atoms with van der Waals surface area (Å²) < 4.78 is 11.5. The van der Waals surface area contributed by atoms with E-state index >= 15 is 0 Å². The second-order valence-corrected chi connectivity index (χ2v) is 7.08. The number of imide groups is 1. The number of nitrogens with one attached hydrogen (secondary N) is 2. The average Bonchev–Trinajstić information content (AvgIpc) is 3.30. The number of anilines is 1. The Morgan fingerprint density at radius 3 is 2.50 bits per heavy atom. The molecule has 1 aliphatic heterocycles. The number of carbonyl (C=O) groups is 3. The lowest BCUT2D eigenvalue weighted by atomic mass is 10.2. The third-order valence-corrected chi connectivity index (χ3v) is 5.14. The molecule has 1 unspecified atom stereocenters. The fourth-order valence-electron chi connectivity index (χ4n) is 3.44. The molecule has 1 fully saturated rings. The van der Waals surface area contributed by atoms with Gasteiger partial charge in [-0.25, -0.2) is 9.69 Å². The number of benzene rings is 2. The maximum atomic E-state index is 12.8. The first-order valence-corrected chi connectivity index (χ1v) is 9.66. The van der Waals surface area contributed by atoms with Crippen LogP contribution in [0, 0.1) is 0 Å². The van der Waals surface area contributed by atoms with Crippen molar-refractivity contribution in [2.75, 3.05) is 12.0 Å². The van der Waals surface area contributed by atoms with Crippen molar-refractivity contribution in [2.24, 2.45) is 5.73 Å². The first kappa shape index (κ1) is 21.0. The van der Waals surface area contributed by atoms with Crippen LogP contribution in [0.3, 0.4) is 0 Å². The van der Waals surface area contributed by atoms with Gasteiger partial charge in [0, 0.05) is 17.7 Å². The van der Waals surface area contributed by atoms with Crippen LogP contribution in [0.4, 0.5) is 5.69 Å². The smallest absolute Gasteiger partial charge is 0.431 e. The van der Waals surface area contributed by atoms with E-state index in [2.05, 4.69) is 10.6 Å². The minimum Gasteiger partial charge on any atom is -0.497 e. The van der Waals surface area contributed by atoms with E-state index in [-0.39, 0.29) is 24.2 Å². The maximum absolute atomic E-state index is 12.8. The molecule has 2 aromatic carbocycles. The number of hydrogen-bond donors (Lipinski definition) is 3. The number of nitrogens with zero attached hydrogens (tertiary/aromatic N) is 2. The molecule has 4 N–H and O–H groups in total. The highest BCUT2D eigenvalue weighted by atomic mass is 16.5. The van der Waals surface area contributed by atoms with Crippen LogP contribution in [0.2, 0.25) is 0 Å². The molecule has 1 aliphatic rings. The number of aromatic nitrogens is 2. The van der Waals surface area contributed by atoms with Gasteiger partial charge in [0.05, 0.1) is 31.8 Å². The van der Waals surface area contributed by atoms with Gasteiger partial charge in [0.1, 0.15) is 5.75 Å². The van der Waals surface area contributed by atoms with E-state index < -0.39 is 29.4 Å². The summed E-state index contributed by atoms with van der Waals surface area (Å²) in [5, 5.41) is 5.48. The number of aromatic amines is 1. The molecule has 0 saturated carbocycles. The molecule has 1 saturated heterocycles. The van der Waals surface area contributed by atoms with Crippen LogP contribution in [0.1, 0.15) is 22.5 Å². The predicted molar refractivity (Wildman–Crippen MR) is 110 cm³/mol. The van der Waals surface area contributed by atoms with Crippen LogP contribution >= 0.6 is 0 Å². The number of hydrogen-bond acceptors (Lipinski definition) is 7. The molecule has 32 heavy (non-hydrogen) atoms. The van der Waals surface area contributed by atoms with Crippen molar-refractivity contribution in [3.05, 3.63) is 70.2 Å². The molecule has 3 aromatic rings. The fraction of sp³-hybridized carbons (Fsp3) is 0.190. The molecule has 2 heterocycles. The standard InChI is InChI=1S/C21H19N5O6/c1-31-15-8-6-14(7-9-15)26-17(21(30)32-24-26)11-23-16-10-18(27)25(20(16)29)13-4-2-12(3-5-13)19(22)28/h2-9,16,23H,10-11H2,1H3,(H2-,22,24,28,30)/p+1. The normalized spacial score (nSPS) is 15.9. The Balaban J connectivity index is 1.49. The van der Waals surface area contributed by atoms with E-state index in [9.17, 15) is 19.2 Å². The van der Waals surface area contributed by atoms with Crippen LogP contribution in [0.15, 0.2) is 57.8 Å². The monoisotopic (exact) mass is 438 g/mol. The number of ether oxygens (including phenoxy) is 1. The SMILES string of the molecule is COc1ccc(-[n+]2[nH]oc(=O)c2CNC2CC(=O)N(c3ccc(C(N)=O)cc3)C2=O)cc1. The van der Waals surface area contributed by atoms with Gasteiger partial charge in [0.25, 0.3) is 5.91 Å². The van der Waals surface area contributed by atoms with E-state index in [0.717, 1.165) is 4.90 Å². The van der Waals surface area contributed by atoms with Gasteiger partial charge in [0.15, 0.2) is 0 Å². The summed E-state index contributed by atoms with van der Waals surface area (Å²) in [6, 6.07) is 12.0. The zero-order chi connectivity index (χ0) is 22.8. The van der Waals surface area contributed by atoms with Crippen molar-refractivity contribution >= 4 is 23.4 Å². The number of nitrogens with two attached hydrogens (primary N) is 1. The van der Waals surface area contributed by atoms with Gasteiger partial charge < -0.3 is 10.5 Å². The Hall–Kier alpha value is -4.25. The third-order valence-electron chi connectivity index (χ3n) is 5.14. The number of amides is 3. The van der Waals surface area contributed by atoms with E-state index in [1.807, 2.05) is 0 Å². The highest BCUT2D eigenvalue weighted by Crippen LogP contribution is 2.23. The number of primary amides is 1. The number of carbonyl (C=O) groups excluding carboxylic acids is 3. The quantitative estimate of drug-likeness (QED) is 0.340. The number of rotatable bonds is 7. The van der Waals surface area contributed by atoms with Crippen molar-refractivity contribution in [3.8, 4) is 11.4 Å². The Morgan fingerprint density at radius 1 is 1.19 bits per heavy atom. The summed E-state index contributed by atoms with van der Waals surface area (Å²) in [4.78, 5) is 49.7. The van der Waals surface area contributed by atoms with Crippen LogP contribution in [-0.4, -0.2) is 36.1 Å².